The molecule has 0 fully saturated rings. The Morgan fingerprint density at radius 1 is 1.07 bits per heavy atom. The second kappa shape index (κ2) is 8.63. The Labute approximate surface area is 174 Å². The van der Waals surface area contributed by atoms with Crippen molar-refractivity contribution in [2.45, 2.75) is 38.3 Å². The van der Waals surface area contributed by atoms with Crippen LogP contribution in [0.5, 0.6) is 0 Å². The number of carbonyl (C=O) groups is 2. The molecule has 1 atom stereocenters. The van der Waals surface area contributed by atoms with Crippen LogP contribution in [0.4, 0.5) is 0 Å². The molecule has 7 nitrogen and oxygen atoms in total. The van der Waals surface area contributed by atoms with Gasteiger partial charge >= 0.3 is 11.9 Å². The number of carbonyl (C=O) groups excluding carboxylic acids is 2. The zero-order chi connectivity index (χ0) is 21.9. The number of carboxylic acids is 1. The topological polar surface area (TPSA) is 102 Å². The summed E-state index contributed by atoms with van der Waals surface area (Å²) < 4.78 is 5.22. The molecule has 156 valence electrons. The van der Waals surface area contributed by atoms with E-state index < -0.39 is 29.2 Å². The van der Waals surface area contributed by atoms with Gasteiger partial charge in [-0.05, 0) is 43.0 Å². The predicted molar refractivity (Wildman–Crippen MR) is 109 cm³/mol. The highest BCUT2D eigenvalue weighted by Crippen LogP contribution is 2.44. The summed E-state index contributed by atoms with van der Waals surface area (Å²) in [4.78, 5) is 40.6. The second-order valence-electron chi connectivity index (χ2n) is 7.94. The van der Waals surface area contributed by atoms with Gasteiger partial charge in [-0.15, -0.1) is 0 Å². The largest absolute Gasteiger partial charge is 0.477 e. The third kappa shape index (κ3) is 4.49. The van der Waals surface area contributed by atoms with Gasteiger partial charge in [0.1, 0.15) is 11.5 Å². The van der Waals surface area contributed by atoms with Gasteiger partial charge in [-0.2, -0.15) is 5.48 Å². The minimum absolute atomic E-state index is 0.113. The second-order valence-corrected chi connectivity index (χ2v) is 7.94. The Balaban J connectivity index is 1.79. The van der Waals surface area contributed by atoms with E-state index in [2.05, 4.69) is 5.48 Å². The lowest BCUT2D eigenvalue weighted by atomic mass is 9.98. The Morgan fingerprint density at radius 2 is 1.60 bits per heavy atom. The first-order valence-corrected chi connectivity index (χ1v) is 9.49. The van der Waals surface area contributed by atoms with Crippen molar-refractivity contribution in [2.24, 2.45) is 0 Å². The predicted octanol–water partition coefficient (Wildman–Crippen LogP) is 2.87. The van der Waals surface area contributed by atoms with Gasteiger partial charge in [0.05, 0.1) is 6.61 Å². The number of aliphatic carboxylic acids is 1. The molecule has 2 aromatic carbocycles. The van der Waals surface area contributed by atoms with Crippen LogP contribution in [0, 0.1) is 0 Å². The van der Waals surface area contributed by atoms with Crippen molar-refractivity contribution in [3.8, 4) is 11.1 Å². The zero-order valence-corrected chi connectivity index (χ0v) is 17.0. The first-order chi connectivity index (χ1) is 14.2. The number of carboxylic acid groups (broad SMARTS) is 1. The summed E-state index contributed by atoms with van der Waals surface area (Å²) in [7, 11) is 0. The summed E-state index contributed by atoms with van der Waals surface area (Å²) in [5, 5.41) is 9.26. The van der Waals surface area contributed by atoms with Crippen LogP contribution in [0.1, 0.15) is 37.8 Å². The number of esters is 1. The molecule has 0 aliphatic heterocycles. The molecule has 2 N–H and O–H groups in total. The van der Waals surface area contributed by atoms with Gasteiger partial charge < -0.3 is 9.84 Å². The number of fused-ring (bicyclic) bond motifs is 3. The number of nitrogens with one attached hydrogen (secondary N) is 1. The number of hydrogen-bond donors (Lipinski definition) is 2. The molecule has 1 aliphatic carbocycles. The maximum atomic E-state index is 12.5. The van der Waals surface area contributed by atoms with Crippen molar-refractivity contribution in [2.75, 3.05) is 6.61 Å². The van der Waals surface area contributed by atoms with E-state index in [4.69, 9.17) is 9.57 Å². The van der Waals surface area contributed by atoms with Gasteiger partial charge in [0.2, 0.25) is 0 Å². The van der Waals surface area contributed by atoms with Crippen LogP contribution in [-0.4, -0.2) is 41.2 Å². The van der Waals surface area contributed by atoms with Crippen molar-refractivity contribution in [1.29, 1.82) is 0 Å². The van der Waals surface area contributed by atoms with Gasteiger partial charge in [0, 0.05) is 5.92 Å². The van der Waals surface area contributed by atoms with Crippen molar-refractivity contribution < 1.29 is 29.1 Å². The quantitative estimate of drug-likeness (QED) is 0.314. The van der Waals surface area contributed by atoms with Crippen LogP contribution < -0.4 is 5.48 Å². The van der Waals surface area contributed by atoms with Crippen molar-refractivity contribution in [3.05, 3.63) is 65.2 Å². The van der Waals surface area contributed by atoms with Crippen molar-refractivity contribution in [3.63, 3.8) is 0 Å². The molecule has 1 aliphatic rings. The Hall–Kier alpha value is -3.25. The molecule has 2 aromatic rings. The average Bonchev–Trinajstić information content (AvgIpc) is 3.00. The van der Waals surface area contributed by atoms with Gasteiger partial charge in [-0.3, -0.25) is 4.84 Å². The van der Waals surface area contributed by atoms with E-state index in [1.54, 1.807) is 20.8 Å². The lowest BCUT2D eigenvalue weighted by Gasteiger charge is -2.24. The Kier molecular flexibility index (Phi) is 6.17. The van der Waals surface area contributed by atoms with E-state index >= 15 is 0 Å². The van der Waals surface area contributed by atoms with Gasteiger partial charge in [0.15, 0.2) is 11.6 Å². The van der Waals surface area contributed by atoms with Crippen LogP contribution in [0.3, 0.4) is 0 Å². The molecule has 0 aromatic heterocycles. The van der Waals surface area contributed by atoms with E-state index in [1.165, 1.54) is 5.94 Å². The van der Waals surface area contributed by atoms with Crippen molar-refractivity contribution in [1.82, 2.24) is 5.48 Å². The third-order valence-corrected chi connectivity index (χ3v) is 4.69. The molecular formula is C23H23NO6. The first-order valence-electron chi connectivity index (χ1n) is 9.49. The fourth-order valence-electron chi connectivity index (χ4n) is 3.47. The monoisotopic (exact) mass is 409 g/mol. The molecule has 7 heteroatoms. The molecule has 0 saturated carbocycles. The van der Waals surface area contributed by atoms with Crippen LogP contribution in [-0.2, 0) is 24.0 Å². The first kappa shape index (κ1) is 21.5. The van der Waals surface area contributed by atoms with Crippen LogP contribution >= 0.6 is 0 Å². The fraction of sp³-hybridized carbons (Fsp3) is 0.304. The highest BCUT2D eigenvalue weighted by molar-refractivity contribution is 6.03. The Bertz CT molecular complexity index is 971. The summed E-state index contributed by atoms with van der Waals surface area (Å²) in [6.45, 7) is 5.04. The molecule has 0 bridgehead atoms. The Morgan fingerprint density at radius 3 is 2.07 bits per heavy atom. The molecule has 0 spiro atoms. The fourth-order valence-corrected chi connectivity index (χ4v) is 3.47. The van der Waals surface area contributed by atoms with Crippen LogP contribution in [0.2, 0.25) is 0 Å². The lowest BCUT2D eigenvalue weighted by molar-refractivity contribution is -0.161. The maximum Gasteiger partial charge on any atom is 0.345 e. The highest BCUT2D eigenvalue weighted by atomic mass is 16.7. The maximum absolute atomic E-state index is 12.5. The minimum Gasteiger partial charge on any atom is -0.477 e. The summed E-state index contributed by atoms with van der Waals surface area (Å²) in [6, 6.07) is 14.3. The average molecular weight is 409 g/mol. The van der Waals surface area contributed by atoms with Gasteiger partial charge in [-0.1, -0.05) is 48.5 Å². The number of hydrogen-bond acceptors (Lipinski definition) is 6. The van der Waals surface area contributed by atoms with Crippen LogP contribution in [0.15, 0.2) is 54.1 Å². The van der Waals surface area contributed by atoms with Crippen molar-refractivity contribution >= 4 is 17.9 Å². The minimum atomic E-state index is -1.61. The third-order valence-electron chi connectivity index (χ3n) is 4.69. The summed E-state index contributed by atoms with van der Waals surface area (Å²) >= 11 is 0. The molecule has 0 amide bonds. The van der Waals surface area contributed by atoms with E-state index in [-0.39, 0.29) is 12.5 Å². The molecule has 0 heterocycles. The standard InChI is InChI=1S/C23H23NO6/c1-23(2,3)30-22(28)20(18(12-25)21(26)27)24-29-13-19-16-10-6-4-8-14(16)15-9-5-7-11-17(15)19/h4-11,19-20,24H,13H2,1-3H3,(H,26,27). The lowest BCUT2D eigenvalue weighted by Crippen LogP contribution is -2.45. The number of rotatable bonds is 7. The molecule has 30 heavy (non-hydrogen) atoms. The SMILES string of the molecule is CC(C)(C)OC(=O)C(NOCC1c2ccccc2-c2ccccc21)C(=C=O)C(=O)O. The number of benzene rings is 2. The molecular weight excluding hydrogens is 386 g/mol. The smallest absolute Gasteiger partial charge is 0.345 e. The van der Waals surface area contributed by atoms with E-state index in [0.29, 0.717) is 0 Å². The van der Waals surface area contributed by atoms with Crippen LogP contribution in [0.25, 0.3) is 11.1 Å². The summed E-state index contributed by atoms with van der Waals surface area (Å²) in [5.74, 6) is -1.32. The van der Waals surface area contributed by atoms with E-state index in [1.807, 2.05) is 48.5 Å². The molecule has 0 saturated heterocycles. The van der Waals surface area contributed by atoms with E-state index in [9.17, 15) is 19.5 Å². The van der Waals surface area contributed by atoms with Gasteiger partial charge in [-0.25, -0.2) is 14.4 Å². The summed E-state index contributed by atoms with van der Waals surface area (Å²) in [6.07, 6.45) is 0. The van der Waals surface area contributed by atoms with Gasteiger partial charge in [0.25, 0.3) is 0 Å². The molecule has 1 unspecified atom stereocenters. The normalized spacial score (nSPS) is 13.7. The molecule has 0 radical (unpaired) electrons. The highest BCUT2D eigenvalue weighted by Gasteiger charge is 2.34. The van der Waals surface area contributed by atoms with E-state index in [0.717, 1.165) is 22.3 Å². The molecule has 3 rings (SSSR count). The summed E-state index contributed by atoms with van der Waals surface area (Å²) in [5.41, 5.74) is 5.07. The zero-order valence-electron chi connectivity index (χ0n) is 17.0. The number of ether oxygens (including phenoxy) is 1. The number of hydroxylamine groups is 1.